The molecule has 0 saturated carbocycles. The third-order valence-corrected chi connectivity index (χ3v) is 4.67. The van der Waals surface area contributed by atoms with Crippen molar-refractivity contribution in [3.8, 4) is 11.5 Å². The highest BCUT2D eigenvalue weighted by Gasteiger charge is 2.19. The Bertz CT molecular complexity index is 857. The van der Waals surface area contributed by atoms with Crippen LogP contribution >= 0.6 is 0 Å². The molecule has 0 radical (unpaired) electrons. The number of anilines is 1. The highest BCUT2D eigenvalue weighted by Crippen LogP contribution is 2.30. The molecule has 0 spiro atoms. The Kier molecular flexibility index (Phi) is 6.67. The van der Waals surface area contributed by atoms with Crippen LogP contribution < -0.4 is 14.8 Å². The van der Waals surface area contributed by atoms with E-state index in [1.807, 2.05) is 39.8 Å². The van der Waals surface area contributed by atoms with E-state index in [1.54, 1.807) is 33.4 Å². The number of benzene rings is 2. The van der Waals surface area contributed by atoms with Crippen LogP contribution in [0.15, 0.2) is 24.3 Å². The zero-order valence-electron chi connectivity index (χ0n) is 17.6. The standard InChI is InChI=1S/C22H28N2O4/c1-13-8-14(2)21(15(3)9-13)23-20(25)12-24(5)22(26)17-10-18(27-6)16(4)19(11-17)28-7/h8-11H,12H2,1-7H3,(H,23,25). The maximum atomic E-state index is 12.8. The SMILES string of the molecule is COc1cc(C(=O)N(C)CC(=O)Nc2c(C)cc(C)cc2C)cc(OC)c1C. The summed E-state index contributed by atoms with van der Waals surface area (Å²) in [7, 11) is 4.68. The first-order valence-corrected chi connectivity index (χ1v) is 9.03. The summed E-state index contributed by atoms with van der Waals surface area (Å²) in [6, 6.07) is 7.34. The van der Waals surface area contributed by atoms with Gasteiger partial charge in [0.1, 0.15) is 11.5 Å². The highest BCUT2D eigenvalue weighted by atomic mass is 16.5. The molecule has 0 aliphatic heterocycles. The Morgan fingerprint density at radius 2 is 1.43 bits per heavy atom. The molecule has 0 fully saturated rings. The smallest absolute Gasteiger partial charge is 0.254 e. The molecule has 0 aromatic heterocycles. The number of ether oxygens (including phenoxy) is 2. The number of nitrogens with one attached hydrogen (secondary N) is 1. The normalized spacial score (nSPS) is 10.4. The van der Waals surface area contributed by atoms with Crippen LogP contribution in [-0.2, 0) is 4.79 Å². The third-order valence-electron chi connectivity index (χ3n) is 4.67. The van der Waals surface area contributed by atoms with Crippen LogP contribution in [0.5, 0.6) is 11.5 Å². The summed E-state index contributed by atoms with van der Waals surface area (Å²) < 4.78 is 10.6. The molecule has 0 bridgehead atoms. The third kappa shape index (κ3) is 4.63. The molecular formula is C22H28N2O4. The Balaban J connectivity index is 2.15. The lowest BCUT2D eigenvalue weighted by Crippen LogP contribution is -2.35. The summed E-state index contributed by atoms with van der Waals surface area (Å²) in [5, 5.41) is 2.91. The summed E-state index contributed by atoms with van der Waals surface area (Å²) in [4.78, 5) is 26.7. The van der Waals surface area contributed by atoms with Gasteiger partial charge in [0.05, 0.1) is 20.8 Å². The second-order valence-electron chi connectivity index (χ2n) is 6.99. The van der Waals surface area contributed by atoms with Crippen molar-refractivity contribution in [2.24, 2.45) is 0 Å². The number of methoxy groups -OCH3 is 2. The monoisotopic (exact) mass is 384 g/mol. The summed E-state index contributed by atoms with van der Waals surface area (Å²) in [6.07, 6.45) is 0. The predicted octanol–water partition coefficient (Wildman–Crippen LogP) is 3.65. The lowest BCUT2D eigenvalue weighted by molar-refractivity contribution is -0.116. The fourth-order valence-corrected chi connectivity index (χ4v) is 3.27. The fraction of sp³-hybridized carbons (Fsp3) is 0.364. The minimum Gasteiger partial charge on any atom is -0.496 e. The van der Waals surface area contributed by atoms with E-state index in [9.17, 15) is 9.59 Å². The topological polar surface area (TPSA) is 67.9 Å². The second-order valence-corrected chi connectivity index (χ2v) is 6.99. The molecule has 2 rings (SSSR count). The van der Waals surface area contributed by atoms with Gasteiger partial charge in [-0.15, -0.1) is 0 Å². The zero-order valence-corrected chi connectivity index (χ0v) is 17.6. The molecular weight excluding hydrogens is 356 g/mol. The van der Waals surface area contributed by atoms with Crippen molar-refractivity contribution in [3.05, 3.63) is 52.1 Å². The van der Waals surface area contributed by atoms with Crippen molar-refractivity contribution < 1.29 is 19.1 Å². The largest absolute Gasteiger partial charge is 0.496 e. The number of hydrogen-bond acceptors (Lipinski definition) is 4. The molecule has 28 heavy (non-hydrogen) atoms. The average molecular weight is 384 g/mol. The van der Waals surface area contributed by atoms with Crippen LogP contribution in [0.2, 0.25) is 0 Å². The van der Waals surface area contributed by atoms with Gasteiger partial charge in [0.15, 0.2) is 0 Å². The molecule has 6 heteroatoms. The first-order valence-electron chi connectivity index (χ1n) is 9.03. The zero-order chi connectivity index (χ0) is 21.0. The van der Waals surface area contributed by atoms with Gasteiger partial charge in [0.25, 0.3) is 5.91 Å². The van der Waals surface area contributed by atoms with Crippen molar-refractivity contribution in [3.63, 3.8) is 0 Å². The van der Waals surface area contributed by atoms with E-state index < -0.39 is 0 Å². The van der Waals surface area contributed by atoms with E-state index in [1.165, 1.54) is 4.90 Å². The Morgan fingerprint density at radius 1 is 0.929 bits per heavy atom. The Morgan fingerprint density at radius 3 is 1.89 bits per heavy atom. The number of carbonyl (C=O) groups excluding carboxylic acids is 2. The van der Waals surface area contributed by atoms with Crippen LogP contribution in [-0.4, -0.2) is 44.5 Å². The van der Waals surface area contributed by atoms with Gasteiger partial charge in [-0.05, 0) is 51.0 Å². The lowest BCUT2D eigenvalue weighted by Gasteiger charge is -2.20. The molecule has 2 aromatic rings. The van der Waals surface area contributed by atoms with Crippen molar-refractivity contribution in [2.75, 3.05) is 33.1 Å². The lowest BCUT2D eigenvalue weighted by atomic mass is 10.1. The van der Waals surface area contributed by atoms with E-state index >= 15 is 0 Å². The van der Waals surface area contributed by atoms with E-state index in [-0.39, 0.29) is 18.4 Å². The number of nitrogens with zero attached hydrogens (tertiary/aromatic N) is 1. The number of carbonyl (C=O) groups is 2. The predicted molar refractivity (Wildman–Crippen MR) is 111 cm³/mol. The molecule has 2 amide bonds. The average Bonchev–Trinajstić information content (AvgIpc) is 2.64. The van der Waals surface area contributed by atoms with E-state index in [0.717, 1.165) is 27.9 Å². The van der Waals surface area contributed by atoms with Crippen LogP contribution in [0.4, 0.5) is 5.69 Å². The number of likely N-dealkylation sites (N-methyl/N-ethyl adjacent to an activating group) is 1. The number of hydrogen-bond donors (Lipinski definition) is 1. The first-order chi connectivity index (χ1) is 13.2. The molecule has 0 aliphatic rings. The van der Waals surface area contributed by atoms with Crippen LogP contribution in [0, 0.1) is 27.7 Å². The summed E-state index contributed by atoms with van der Waals surface area (Å²) in [5.41, 5.74) is 5.13. The van der Waals surface area contributed by atoms with Crippen LogP contribution in [0.3, 0.4) is 0 Å². The first kappa shape index (κ1) is 21.3. The van der Waals surface area contributed by atoms with Crippen LogP contribution in [0.1, 0.15) is 32.6 Å². The van der Waals surface area contributed by atoms with Gasteiger partial charge in [0, 0.05) is 23.9 Å². The quantitative estimate of drug-likeness (QED) is 0.826. The van der Waals surface area contributed by atoms with Gasteiger partial charge >= 0.3 is 0 Å². The summed E-state index contributed by atoms with van der Waals surface area (Å²) in [6.45, 7) is 7.71. The molecule has 0 saturated heterocycles. The van der Waals surface area contributed by atoms with Crippen molar-refractivity contribution in [1.82, 2.24) is 4.90 Å². The maximum Gasteiger partial charge on any atom is 0.254 e. The van der Waals surface area contributed by atoms with Gasteiger partial charge in [0.2, 0.25) is 5.91 Å². The molecule has 0 heterocycles. The van der Waals surface area contributed by atoms with Gasteiger partial charge in [-0.1, -0.05) is 17.7 Å². The number of amides is 2. The molecule has 0 aliphatic carbocycles. The maximum absolute atomic E-state index is 12.8. The van der Waals surface area contributed by atoms with Gasteiger partial charge < -0.3 is 19.7 Å². The molecule has 6 nitrogen and oxygen atoms in total. The van der Waals surface area contributed by atoms with Gasteiger partial charge in [-0.3, -0.25) is 9.59 Å². The van der Waals surface area contributed by atoms with Crippen molar-refractivity contribution >= 4 is 17.5 Å². The minimum absolute atomic E-state index is 0.0654. The van der Waals surface area contributed by atoms with E-state index in [2.05, 4.69) is 5.32 Å². The summed E-state index contributed by atoms with van der Waals surface area (Å²) >= 11 is 0. The molecule has 1 N–H and O–H groups in total. The van der Waals surface area contributed by atoms with Gasteiger partial charge in [-0.2, -0.15) is 0 Å². The molecule has 0 atom stereocenters. The Labute approximate surface area is 166 Å². The van der Waals surface area contributed by atoms with Gasteiger partial charge in [-0.25, -0.2) is 0 Å². The van der Waals surface area contributed by atoms with E-state index in [0.29, 0.717) is 17.1 Å². The minimum atomic E-state index is -0.288. The van der Waals surface area contributed by atoms with Crippen molar-refractivity contribution in [1.29, 1.82) is 0 Å². The van der Waals surface area contributed by atoms with Crippen molar-refractivity contribution in [2.45, 2.75) is 27.7 Å². The van der Waals surface area contributed by atoms with Crippen LogP contribution in [0.25, 0.3) is 0 Å². The number of rotatable bonds is 6. The number of aryl methyl sites for hydroxylation is 3. The molecule has 0 unspecified atom stereocenters. The fourth-order valence-electron chi connectivity index (χ4n) is 3.27. The molecule has 150 valence electrons. The highest BCUT2D eigenvalue weighted by molar-refractivity contribution is 6.00. The summed E-state index contributed by atoms with van der Waals surface area (Å²) in [5.74, 6) is 0.582. The van der Waals surface area contributed by atoms with E-state index in [4.69, 9.17) is 9.47 Å². The molecule has 2 aromatic carbocycles. The Hall–Kier alpha value is -3.02. The second kappa shape index (κ2) is 8.78.